The van der Waals surface area contributed by atoms with Crippen LogP contribution in [0.5, 0.6) is 0 Å². The highest BCUT2D eigenvalue weighted by molar-refractivity contribution is 5.94. The summed E-state index contributed by atoms with van der Waals surface area (Å²) in [6.45, 7) is 3.45. The number of pyridine rings is 1. The number of rotatable bonds is 2. The van der Waals surface area contributed by atoms with Crippen molar-refractivity contribution >= 4 is 22.9 Å². The molecule has 1 aromatic carbocycles. The Balaban J connectivity index is 2.09. The van der Waals surface area contributed by atoms with E-state index < -0.39 is 0 Å². The molecule has 2 aromatic rings. The number of halogens is 1. The van der Waals surface area contributed by atoms with Gasteiger partial charge in [0.05, 0.1) is 16.8 Å². The summed E-state index contributed by atoms with van der Waals surface area (Å²) in [5.41, 5.74) is 1.82. The van der Waals surface area contributed by atoms with Gasteiger partial charge in [-0.2, -0.15) is 5.26 Å². The molecule has 0 N–H and O–H groups in total. The van der Waals surface area contributed by atoms with Crippen LogP contribution in [0.4, 0.5) is 10.1 Å². The van der Waals surface area contributed by atoms with Crippen LogP contribution < -0.4 is 4.90 Å². The Bertz CT molecular complexity index is 768. The average Bonchev–Trinajstić information content (AvgIpc) is 2.53. The van der Waals surface area contributed by atoms with E-state index in [0.717, 1.165) is 23.8 Å². The molecule has 1 fully saturated rings. The van der Waals surface area contributed by atoms with Gasteiger partial charge in [0.25, 0.3) is 0 Å². The molecular weight excluding hydrogens is 281 g/mol. The molecule has 2 atom stereocenters. The van der Waals surface area contributed by atoms with Gasteiger partial charge in [-0.1, -0.05) is 6.92 Å². The molecule has 1 aliphatic heterocycles. The van der Waals surface area contributed by atoms with Crippen molar-refractivity contribution in [1.29, 1.82) is 5.26 Å². The summed E-state index contributed by atoms with van der Waals surface area (Å²) in [6.07, 6.45) is 3.28. The van der Waals surface area contributed by atoms with Crippen LogP contribution in [0.3, 0.4) is 0 Å². The van der Waals surface area contributed by atoms with Gasteiger partial charge < -0.3 is 9.69 Å². The molecule has 5 heteroatoms. The lowest BCUT2D eigenvalue weighted by Gasteiger charge is -2.37. The van der Waals surface area contributed by atoms with Crippen LogP contribution in [0.15, 0.2) is 24.4 Å². The van der Waals surface area contributed by atoms with Crippen molar-refractivity contribution in [3.63, 3.8) is 0 Å². The highest BCUT2D eigenvalue weighted by Gasteiger charge is 2.28. The first-order valence-corrected chi connectivity index (χ1v) is 7.32. The quantitative estimate of drug-likeness (QED) is 0.800. The standard InChI is InChI=1S/C17H16FN3O/c1-11-9-21(5-4-12(11)10-22)17-13(7-19)8-20-16-6-14(18)2-3-15(16)17/h2-3,6,8,10-12H,4-5,9H2,1H3. The van der Waals surface area contributed by atoms with E-state index in [1.54, 1.807) is 6.07 Å². The number of benzene rings is 1. The van der Waals surface area contributed by atoms with Gasteiger partial charge in [-0.25, -0.2) is 4.39 Å². The zero-order valence-corrected chi connectivity index (χ0v) is 12.3. The van der Waals surface area contributed by atoms with E-state index in [2.05, 4.69) is 16.0 Å². The molecule has 0 bridgehead atoms. The van der Waals surface area contributed by atoms with Crippen molar-refractivity contribution in [2.24, 2.45) is 11.8 Å². The van der Waals surface area contributed by atoms with Gasteiger partial charge >= 0.3 is 0 Å². The predicted octanol–water partition coefficient (Wildman–Crippen LogP) is 2.91. The zero-order valence-electron chi connectivity index (χ0n) is 12.3. The molecule has 1 saturated heterocycles. The Labute approximate surface area is 128 Å². The van der Waals surface area contributed by atoms with Gasteiger partial charge in [-0.05, 0) is 24.5 Å². The van der Waals surface area contributed by atoms with E-state index in [9.17, 15) is 14.4 Å². The fraction of sp³-hybridized carbons (Fsp3) is 0.353. The molecule has 2 heterocycles. The monoisotopic (exact) mass is 297 g/mol. The first-order valence-electron chi connectivity index (χ1n) is 7.32. The van der Waals surface area contributed by atoms with Gasteiger partial charge in [0, 0.05) is 36.7 Å². The maximum Gasteiger partial charge on any atom is 0.125 e. The van der Waals surface area contributed by atoms with Crippen LogP contribution >= 0.6 is 0 Å². The van der Waals surface area contributed by atoms with E-state index in [-0.39, 0.29) is 17.7 Å². The minimum atomic E-state index is -0.344. The van der Waals surface area contributed by atoms with Gasteiger partial charge in [0.15, 0.2) is 0 Å². The Morgan fingerprint density at radius 3 is 3.00 bits per heavy atom. The fourth-order valence-electron chi connectivity index (χ4n) is 3.14. The number of nitrogens with zero attached hydrogens (tertiary/aromatic N) is 3. The summed E-state index contributed by atoms with van der Waals surface area (Å²) in [4.78, 5) is 17.4. The molecule has 0 amide bonds. The van der Waals surface area contributed by atoms with E-state index in [4.69, 9.17) is 0 Å². The second kappa shape index (κ2) is 5.72. The summed E-state index contributed by atoms with van der Waals surface area (Å²) in [7, 11) is 0. The van der Waals surface area contributed by atoms with Gasteiger partial charge in [0.2, 0.25) is 0 Å². The third-order valence-electron chi connectivity index (χ3n) is 4.39. The van der Waals surface area contributed by atoms with Crippen LogP contribution in [0.1, 0.15) is 18.9 Å². The largest absolute Gasteiger partial charge is 0.370 e. The summed E-state index contributed by atoms with van der Waals surface area (Å²) in [5, 5.41) is 10.2. The second-order valence-corrected chi connectivity index (χ2v) is 5.81. The number of anilines is 1. The second-order valence-electron chi connectivity index (χ2n) is 5.81. The van der Waals surface area contributed by atoms with Crippen molar-refractivity contribution in [2.45, 2.75) is 13.3 Å². The third kappa shape index (κ3) is 2.41. The molecule has 22 heavy (non-hydrogen) atoms. The number of hydrogen-bond donors (Lipinski definition) is 0. The molecule has 0 saturated carbocycles. The lowest BCUT2D eigenvalue weighted by molar-refractivity contribution is -0.112. The van der Waals surface area contributed by atoms with Crippen molar-refractivity contribution in [1.82, 2.24) is 4.98 Å². The molecule has 112 valence electrons. The van der Waals surface area contributed by atoms with E-state index >= 15 is 0 Å². The molecule has 0 spiro atoms. The number of hydrogen-bond acceptors (Lipinski definition) is 4. The minimum absolute atomic E-state index is 0.0623. The Kier molecular flexibility index (Phi) is 3.76. The molecule has 1 aromatic heterocycles. The van der Waals surface area contributed by atoms with Crippen molar-refractivity contribution in [3.05, 3.63) is 35.8 Å². The predicted molar refractivity (Wildman–Crippen MR) is 82.0 cm³/mol. The van der Waals surface area contributed by atoms with Gasteiger partial charge in [0.1, 0.15) is 18.2 Å². The summed E-state index contributed by atoms with van der Waals surface area (Å²) in [5.74, 6) is -0.0579. The first kappa shape index (κ1) is 14.5. The SMILES string of the molecule is CC1CN(c2c(C#N)cnc3cc(F)ccc23)CCC1C=O. The molecule has 0 radical (unpaired) electrons. The highest BCUT2D eigenvalue weighted by atomic mass is 19.1. The number of nitriles is 1. The van der Waals surface area contributed by atoms with Crippen LogP contribution in [-0.4, -0.2) is 24.4 Å². The average molecular weight is 297 g/mol. The third-order valence-corrected chi connectivity index (χ3v) is 4.39. The number of aromatic nitrogens is 1. The molecule has 0 aliphatic carbocycles. The number of carbonyl (C=O) groups excluding carboxylic acids is 1. The number of piperidine rings is 1. The maximum atomic E-state index is 13.4. The van der Waals surface area contributed by atoms with Crippen LogP contribution in [0.25, 0.3) is 10.9 Å². The maximum absolute atomic E-state index is 13.4. The van der Waals surface area contributed by atoms with E-state index in [1.165, 1.54) is 18.3 Å². The Morgan fingerprint density at radius 2 is 2.32 bits per heavy atom. The summed E-state index contributed by atoms with van der Waals surface area (Å²) in [6, 6.07) is 6.60. The molecule has 1 aliphatic rings. The van der Waals surface area contributed by atoms with E-state index in [1.807, 2.05) is 6.92 Å². The van der Waals surface area contributed by atoms with E-state index in [0.29, 0.717) is 24.2 Å². The fourth-order valence-corrected chi connectivity index (χ4v) is 3.14. The lowest BCUT2D eigenvalue weighted by atomic mass is 9.87. The highest BCUT2D eigenvalue weighted by Crippen LogP contribution is 2.33. The number of carbonyl (C=O) groups is 1. The summed E-state index contributed by atoms with van der Waals surface area (Å²) >= 11 is 0. The molecule has 4 nitrogen and oxygen atoms in total. The van der Waals surface area contributed by atoms with Gasteiger partial charge in [-0.3, -0.25) is 4.98 Å². The smallest absolute Gasteiger partial charge is 0.125 e. The number of aldehydes is 1. The van der Waals surface area contributed by atoms with Crippen LogP contribution in [-0.2, 0) is 4.79 Å². The molecule has 3 rings (SSSR count). The lowest BCUT2D eigenvalue weighted by Crippen LogP contribution is -2.40. The topological polar surface area (TPSA) is 57.0 Å². The van der Waals surface area contributed by atoms with Crippen LogP contribution in [0.2, 0.25) is 0 Å². The Hall–Kier alpha value is -2.48. The normalized spacial score (nSPS) is 21.6. The van der Waals surface area contributed by atoms with Gasteiger partial charge in [-0.15, -0.1) is 0 Å². The van der Waals surface area contributed by atoms with Crippen LogP contribution in [0, 0.1) is 29.0 Å². The molecular formula is C17H16FN3O. The molecule has 2 unspecified atom stereocenters. The zero-order chi connectivity index (χ0) is 15.7. The summed E-state index contributed by atoms with van der Waals surface area (Å²) < 4.78 is 13.4. The minimum Gasteiger partial charge on any atom is -0.370 e. The van der Waals surface area contributed by atoms with Crippen molar-refractivity contribution in [2.75, 3.05) is 18.0 Å². The van der Waals surface area contributed by atoms with Crippen molar-refractivity contribution in [3.8, 4) is 6.07 Å². The number of fused-ring (bicyclic) bond motifs is 1. The first-order chi connectivity index (χ1) is 10.6. The Morgan fingerprint density at radius 1 is 1.50 bits per heavy atom. The van der Waals surface area contributed by atoms with Crippen molar-refractivity contribution < 1.29 is 9.18 Å².